The Morgan fingerprint density at radius 3 is 2.62 bits per heavy atom. The summed E-state index contributed by atoms with van der Waals surface area (Å²) in [6.45, 7) is 5.05. The third-order valence-electron chi connectivity index (χ3n) is 4.34. The molecule has 0 spiro atoms. The number of aromatic nitrogens is 2. The van der Waals surface area contributed by atoms with Crippen molar-refractivity contribution in [1.29, 1.82) is 0 Å². The molecule has 5 heteroatoms. The molecule has 1 fully saturated rings. The van der Waals surface area contributed by atoms with E-state index in [2.05, 4.69) is 22.3 Å². The highest BCUT2D eigenvalue weighted by Crippen LogP contribution is 2.27. The Morgan fingerprint density at radius 1 is 1.29 bits per heavy atom. The number of likely N-dealkylation sites (tertiary alicyclic amines) is 1. The predicted octanol–water partition coefficient (Wildman–Crippen LogP) is 1.59. The number of carbonyl (C=O) groups is 1. The van der Waals surface area contributed by atoms with Crippen LogP contribution in [0.4, 0.5) is 0 Å². The first-order valence-electron chi connectivity index (χ1n) is 7.19. The highest BCUT2D eigenvalue weighted by molar-refractivity contribution is 5.94. The van der Waals surface area contributed by atoms with Gasteiger partial charge in [0.1, 0.15) is 0 Å². The molecule has 0 radical (unpaired) electrons. The van der Waals surface area contributed by atoms with E-state index in [4.69, 9.17) is 5.73 Å². The van der Waals surface area contributed by atoms with E-state index in [9.17, 15) is 4.79 Å². The SMILES string of the molecule is Cc1[nH]nc(C(=O)N2C[C@@H](N)[C@H](c3ccccc3)C2)c1C. The van der Waals surface area contributed by atoms with Gasteiger partial charge in [0.05, 0.1) is 0 Å². The van der Waals surface area contributed by atoms with Crippen molar-refractivity contribution in [2.24, 2.45) is 5.73 Å². The number of carbonyl (C=O) groups excluding carboxylic acids is 1. The van der Waals surface area contributed by atoms with Gasteiger partial charge in [-0.05, 0) is 19.4 Å². The van der Waals surface area contributed by atoms with Crippen LogP contribution in [0, 0.1) is 13.8 Å². The van der Waals surface area contributed by atoms with Gasteiger partial charge >= 0.3 is 0 Å². The van der Waals surface area contributed by atoms with Crippen molar-refractivity contribution < 1.29 is 4.79 Å². The van der Waals surface area contributed by atoms with E-state index in [0.717, 1.165) is 11.3 Å². The second-order valence-corrected chi connectivity index (χ2v) is 5.71. The third kappa shape index (κ3) is 2.45. The normalized spacial score (nSPS) is 21.8. The molecule has 21 heavy (non-hydrogen) atoms. The smallest absolute Gasteiger partial charge is 0.274 e. The molecule has 0 saturated carbocycles. The second-order valence-electron chi connectivity index (χ2n) is 5.71. The summed E-state index contributed by atoms with van der Waals surface area (Å²) in [5.74, 6) is 0.154. The lowest BCUT2D eigenvalue weighted by molar-refractivity contribution is 0.0782. The Kier molecular flexibility index (Phi) is 3.51. The van der Waals surface area contributed by atoms with E-state index >= 15 is 0 Å². The van der Waals surface area contributed by atoms with Crippen LogP contribution in [0.5, 0.6) is 0 Å². The lowest BCUT2D eigenvalue weighted by Crippen LogP contribution is -2.32. The molecule has 1 aliphatic heterocycles. The van der Waals surface area contributed by atoms with E-state index < -0.39 is 0 Å². The fourth-order valence-electron chi connectivity index (χ4n) is 2.89. The lowest BCUT2D eigenvalue weighted by Gasteiger charge is -2.15. The summed E-state index contributed by atoms with van der Waals surface area (Å²) >= 11 is 0. The molecule has 1 amide bonds. The molecule has 0 bridgehead atoms. The molecule has 5 nitrogen and oxygen atoms in total. The third-order valence-corrected chi connectivity index (χ3v) is 4.34. The molecule has 3 rings (SSSR count). The van der Waals surface area contributed by atoms with Gasteiger partial charge < -0.3 is 10.6 Å². The van der Waals surface area contributed by atoms with Crippen LogP contribution in [0.3, 0.4) is 0 Å². The number of hydrogen-bond acceptors (Lipinski definition) is 3. The standard InChI is InChI=1S/C16H20N4O/c1-10-11(2)18-19-15(10)16(21)20-8-13(14(17)9-20)12-6-4-3-5-7-12/h3-7,13-14H,8-9,17H2,1-2H3,(H,18,19)/t13-,14+/m0/s1. The van der Waals surface area contributed by atoms with Gasteiger partial charge in [-0.15, -0.1) is 0 Å². The van der Waals surface area contributed by atoms with Crippen LogP contribution in [-0.2, 0) is 0 Å². The number of nitrogens with one attached hydrogen (secondary N) is 1. The van der Waals surface area contributed by atoms with Crippen molar-refractivity contribution in [2.45, 2.75) is 25.8 Å². The van der Waals surface area contributed by atoms with Crippen LogP contribution in [0.25, 0.3) is 0 Å². The summed E-state index contributed by atoms with van der Waals surface area (Å²) in [7, 11) is 0. The number of H-pyrrole nitrogens is 1. The van der Waals surface area contributed by atoms with Crippen molar-refractivity contribution in [2.75, 3.05) is 13.1 Å². The average molecular weight is 284 g/mol. The van der Waals surface area contributed by atoms with Gasteiger partial charge in [0, 0.05) is 36.3 Å². The largest absolute Gasteiger partial charge is 0.335 e. The van der Waals surface area contributed by atoms with Crippen molar-refractivity contribution >= 4 is 5.91 Å². The van der Waals surface area contributed by atoms with Crippen LogP contribution in [-0.4, -0.2) is 40.1 Å². The fraction of sp³-hybridized carbons (Fsp3) is 0.375. The molecule has 1 aromatic heterocycles. The molecule has 2 heterocycles. The highest BCUT2D eigenvalue weighted by atomic mass is 16.2. The summed E-state index contributed by atoms with van der Waals surface area (Å²) in [6.07, 6.45) is 0. The topological polar surface area (TPSA) is 75.0 Å². The van der Waals surface area contributed by atoms with Crippen LogP contribution in [0.15, 0.2) is 30.3 Å². The lowest BCUT2D eigenvalue weighted by atomic mass is 9.95. The van der Waals surface area contributed by atoms with E-state index in [0.29, 0.717) is 18.8 Å². The van der Waals surface area contributed by atoms with Crippen molar-refractivity contribution in [1.82, 2.24) is 15.1 Å². The fourth-order valence-corrected chi connectivity index (χ4v) is 2.89. The molecule has 0 unspecified atom stereocenters. The molecular formula is C16H20N4O. The van der Waals surface area contributed by atoms with Crippen LogP contribution >= 0.6 is 0 Å². The second kappa shape index (κ2) is 5.33. The van der Waals surface area contributed by atoms with Crippen molar-refractivity contribution in [3.63, 3.8) is 0 Å². The van der Waals surface area contributed by atoms with Gasteiger partial charge in [0.2, 0.25) is 0 Å². The van der Waals surface area contributed by atoms with Gasteiger partial charge in [-0.2, -0.15) is 5.10 Å². The molecular weight excluding hydrogens is 264 g/mol. The average Bonchev–Trinajstić information content (AvgIpc) is 3.04. The predicted molar refractivity (Wildman–Crippen MR) is 81.1 cm³/mol. The maximum Gasteiger partial charge on any atom is 0.274 e. The van der Waals surface area contributed by atoms with E-state index in [-0.39, 0.29) is 17.9 Å². The highest BCUT2D eigenvalue weighted by Gasteiger charge is 2.35. The number of benzene rings is 1. The minimum atomic E-state index is -0.0364. The summed E-state index contributed by atoms with van der Waals surface area (Å²) in [5, 5.41) is 6.99. The summed E-state index contributed by atoms with van der Waals surface area (Å²) in [5.41, 5.74) is 9.78. The monoisotopic (exact) mass is 284 g/mol. The molecule has 110 valence electrons. The van der Waals surface area contributed by atoms with Crippen LogP contribution in [0.2, 0.25) is 0 Å². The number of nitrogens with zero attached hydrogens (tertiary/aromatic N) is 2. The van der Waals surface area contributed by atoms with Crippen LogP contribution in [0.1, 0.15) is 33.2 Å². The number of amides is 1. The molecule has 2 aromatic rings. The Bertz CT molecular complexity index is 650. The van der Waals surface area contributed by atoms with Gasteiger partial charge in [0.15, 0.2) is 5.69 Å². The Hall–Kier alpha value is -2.14. The molecule has 1 aromatic carbocycles. The zero-order chi connectivity index (χ0) is 15.0. The number of rotatable bonds is 2. The zero-order valence-corrected chi connectivity index (χ0v) is 12.3. The van der Waals surface area contributed by atoms with E-state index in [1.165, 1.54) is 5.56 Å². The van der Waals surface area contributed by atoms with Gasteiger partial charge in [-0.3, -0.25) is 9.89 Å². The maximum absolute atomic E-state index is 12.6. The van der Waals surface area contributed by atoms with Gasteiger partial charge in [0.25, 0.3) is 5.91 Å². The summed E-state index contributed by atoms with van der Waals surface area (Å²) in [4.78, 5) is 14.4. The number of hydrogen-bond donors (Lipinski definition) is 2. The van der Waals surface area contributed by atoms with Crippen LogP contribution < -0.4 is 5.73 Å². The minimum absolute atomic E-state index is 0.0308. The molecule has 0 aliphatic carbocycles. The van der Waals surface area contributed by atoms with E-state index in [1.807, 2.05) is 36.9 Å². The molecule has 1 saturated heterocycles. The summed E-state index contributed by atoms with van der Waals surface area (Å²) < 4.78 is 0. The quantitative estimate of drug-likeness (QED) is 0.879. The Balaban J connectivity index is 1.80. The molecule has 2 atom stereocenters. The molecule has 1 aliphatic rings. The Labute approximate surface area is 124 Å². The number of aromatic amines is 1. The van der Waals surface area contributed by atoms with Gasteiger partial charge in [-0.25, -0.2) is 0 Å². The molecule has 3 N–H and O–H groups in total. The number of aryl methyl sites for hydroxylation is 1. The maximum atomic E-state index is 12.6. The minimum Gasteiger partial charge on any atom is -0.335 e. The zero-order valence-electron chi connectivity index (χ0n) is 12.3. The first-order chi connectivity index (χ1) is 10.1. The van der Waals surface area contributed by atoms with Gasteiger partial charge in [-0.1, -0.05) is 30.3 Å². The first kappa shape index (κ1) is 13.8. The Morgan fingerprint density at radius 2 is 2.00 bits per heavy atom. The first-order valence-corrected chi connectivity index (χ1v) is 7.19. The van der Waals surface area contributed by atoms with Crippen molar-refractivity contribution in [3.8, 4) is 0 Å². The number of nitrogens with two attached hydrogens (primary N) is 1. The van der Waals surface area contributed by atoms with Crippen molar-refractivity contribution in [3.05, 3.63) is 52.8 Å². The summed E-state index contributed by atoms with van der Waals surface area (Å²) in [6, 6.07) is 10.1. The van der Waals surface area contributed by atoms with E-state index in [1.54, 1.807) is 0 Å².